The average Bonchev–Trinajstić information content (AvgIpc) is 2.98. The number of H-pyrrole nitrogens is 1. The van der Waals surface area contributed by atoms with Crippen LogP contribution < -0.4 is 14.8 Å². The molecule has 0 spiro atoms. The highest BCUT2D eigenvalue weighted by molar-refractivity contribution is 5.90. The maximum atomic E-state index is 11.5. The number of carbonyl (C=O) groups excluding carboxylic acids is 1. The first-order valence-electron chi connectivity index (χ1n) is 5.70. The van der Waals surface area contributed by atoms with Crippen LogP contribution in [0.15, 0.2) is 30.6 Å². The summed E-state index contributed by atoms with van der Waals surface area (Å²) in [6.07, 6.45) is 1.28. The molecule has 100 valence electrons. The van der Waals surface area contributed by atoms with E-state index in [-0.39, 0.29) is 11.7 Å². The minimum absolute atomic E-state index is 0.178. The second-order valence-corrected chi connectivity index (χ2v) is 3.59. The molecule has 19 heavy (non-hydrogen) atoms. The Balaban J connectivity index is 1.76. The molecule has 0 saturated carbocycles. The number of hydrogen-bond donors (Lipinski definition) is 2. The molecule has 0 aliphatic rings. The number of amides is 1. The van der Waals surface area contributed by atoms with E-state index in [1.165, 1.54) is 6.33 Å². The Morgan fingerprint density at radius 2 is 2.16 bits per heavy atom. The Morgan fingerprint density at radius 3 is 2.84 bits per heavy atom. The summed E-state index contributed by atoms with van der Waals surface area (Å²) >= 11 is 0. The number of methoxy groups -OCH3 is 1. The number of para-hydroxylation sites is 2. The Hall–Kier alpha value is -2.57. The molecule has 0 bridgehead atoms. The van der Waals surface area contributed by atoms with Crippen molar-refractivity contribution in [3.63, 3.8) is 0 Å². The summed E-state index contributed by atoms with van der Waals surface area (Å²) in [6.45, 7) is 0.692. The zero-order valence-corrected chi connectivity index (χ0v) is 10.4. The van der Waals surface area contributed by atoms with Gasteiger partial charge in [-0.25, -0.2) is 4.98 Å². The van der Waals surface area contributed by atoms with Gasteiger partial charge in [-0.1, -0.05) is 12.1 Å². The lowest BCUT2D eigenvalue weighted by atomic mass is 10.3. The predicted molar refractivity (Wildman–Crippen MR) is 67.2 cm³/mol. The molecule has 1 heterocycles. The van der Waals surface area contributed by atoms with Gasteiger partial charge in [0, 0.05) is 0 Å². The molecule has 1 amide bonds. The van der Waals surface area contributed by atoms with Crippen molar-refractivity contribution in [2.24, 2.45) is 0 Å². The van der Waals surface area contributed by atoms with Crippen molar-refractivity contribution in [2.45, 2.75) is 0 Å². The van der Waals surface area contributed by atoms with Crippen molar-refractivity contribution in [2.75, 3.05) is 20.3 Å². The number of ether oxygens (including phenoxy) is 2. The molecule has 7 heteroatoms. The Morgan fingerprint density at radius 1 is 1.37 bits per heavy atom. The van der Waals surface area contributed by atoms with E-state index in [0.29, 0.717) is 24.7 Å². The topological polar surface area (TPSA) is 89.1 Å². The van der Waals surface area contributed by atoms with Crippen LogP contribution in [0.25, 0.3) is 0 Å². The molecule has 0 atom stereocenters. The first-order valence-corrected chi connectivity index (χ1v) is 5.70. The summed E-state index contributed by atoms with van der Waals surface area (Å²) in [7, 11) is 1.58. The molecule has 0 aliphatic heterocycles. The van der Waals surface area contributed by atoms with Crippen molar-refractivity contribution < 1.29 is 14.3 Å². The third-order valence-corrected chi connectivity index (χ3v) is 2.34. The fourth-order valence-corrected chi connectivity index (χ4v) is 1.46. The van der Waals surface area contributed by atoms with Crippen LogP contribution in [-0.4, -0.2) is 41.3 Å². The molecule has 1 aromatic carbocycles. The van der Waals surface area contributed by atoms with Gasteiger partial charge in [0.15, 0.2) is 11.5 Å². The Bertz CT molecular complexity index is 528. The van der Waals surface area contributed by atoms with Crippen LogP contribution in [0.3, 0.4) is 0 Å². The number of carbonyl (C=O) groups is 1. The van der Waals surface area contributed by atoms with Gasteiger partial charge in [0.05, 0.1) is 13.7 Å². The standard InChI is InChI=1S/C12H14N4O3/c1-18-9-4-2-3-5-10(9)19-7-6-13-12(17)11-14-8-15-16-11/h2-5,8H,6-7H2,1H3,(H,13,17)(H,14,15,16). The quantitative estimate of drug-likeness (QED) is 0.745. The highest BCUT2D eigenvalue weighted by Crippen LogP contribution is 2.25. The van der Waals surface area contributed by atoms with E-state index in [1.54, 1.807) is 13.2 Å². The summed E-state index contributed by atoms with van der Waals surface area (Å²) in [4.78, 5) is 15.3. The first kappa shape index (κ1) is 12.9. The van der Waals surface area contributed by atoms with Gasteiger partial charge in [0.1, 0.15) is 12.9 Å². The average molecular weight is 262 g/mol. The first-order chi connectivity index (χ1) is 9.31. The number of benzene rings is 1. The Kier molecular flexibility index (Phi) is 4.33. The van der Waals surface area contributed by atoms with Gasteiger partial charge in [-0.2, -0.15) is 5.10 Å². The largest absolute Gasteiger partial charge is 0.493 e. The molecular weight excluding hydrogens is 248 g/mol. The van der Waals surface area contributed by atoms with Gasteiger partial charge in [0.25, 0.3) is 5.91 Å². The van der Waals surface area contributed by atoms with Crippen molar-refractivity contribution in [1.82, 2.24) is 20.5 Å². The fourth-order valence-electron chi connectivity index (χ4n) is 1.46. The monoisotopic (exact) mass is 262 g/mol. The molecule has 2 rings (SSSR count). The van der Waals surface area contributed by atoms with Crippen LogP contribution in [-0.2, 0) is 0 Å². The normalized spacial score (nSPS) is 9.95. The van der Waals surface area contributed by atoms with E-state index in [4.69, 9.17) is 9.47 Å². The minimum atomic E-state index is -0.318. The molecule has 0 unspecified atom stereocenters. The highest BCUT2D eigenvalue weighted by atomic mass is 16.5. The maximum absolute atomic E-state index is 11.5. The van der Waals surface area contributed by atoms with Crippen LogP contribution in [0.5, 0.6) is 11.5 Å². The second-order valence-electron chi connectivity index (χ2n) is 3.59. The van der Waals surface area contributed by atoms with E-state index in [9.17, 15) is 4.79 Å². The second kappa shape index (κ2) is 6.39. The molecule has 0 saturated heterocycles. The fraction of sp³-hybridized carbons (Fsp3) is 0.250. The summed E-state index contributed by atoms with van der Waals surface area (Å²) in [5, 5.41) is 8.73. The smallest absolute Gasteiger partial charge is 0.288 e. The van der Waals surface area contributed by atoms with E-state index >= 15 is 0 Å². The van der Waals surface area contributed by atoms with Crippen LogP contribution in [0.4, 0.5) is 0 Å². The number of nitrogens with one attached hydrogen (secondary N) is 2. The molecule has 0 radical (unpaired) electrons. The number of rotatable bonds is 6. The highest BCUT2D eigenvalue weighted by Gasteiger charge is 2.07. The lowest BCUT2D eigenvalue weighted by molar-refractivity contribution is 0.0937. The SMILES string of the molecule is COc1ccccc1OCCNC(=O)c1ncn[nH]1. The zero-order chi connectivity index (χ0) is 13.5. The van der Waals surface area contributed by atoms with Gasteiger partial charge in [-0.15, -0.1) is 0 Å². The van der Waals surface area contributed by atoms with Crippen molar-refractivity contribution in [1.29, 1.82) is 0 Å². The number of nitrogens with zero attached hydrogens (tertiary/aromatic N) is 2. The van der Waals surface area contributed by atoms with Crippen molar-refractivity contribution in [3.05, 3.63) is 36.4 Å². The minimum Gasteiger partial charge on any atom is -0.493 e. The summed E-state index contributed by atoms with van der Waals surface area (Å²) in [5.74, 6) is 1.15. The summed E-state index contributed by atoms with van der Waals surface area (Å²) < 4.78 is 10.7. The maximum Gasteiger partial charge on any atom is 0.288 e. The van der Waals surface area contributed by atoms with Crippen molar-refractivity contribution >= 4 is 5.91 Å². The molecule has 7 nitrogen and oxygen atoms in total. The van der Waals surface area contributed by atoms with Crippen LogP contribution in [0.1, 0.15) is 10.6 Å². The zero-order valence-electron chi connectivity index (χ0n) is 10.4. The number of aromatic amines is 1. The lowest BCUT2D eigenvalue weighted by Gasteiger charge is -2.10. The van der Waals surface area contributed by atoms with Gasteiger partial charge >= 0.3 is 0 Å². The summed E-state index contributed by atoms with van der Waals surface area (Å²) in [5.41, 5.74) is 0. The van der Waals surface area contributed by atoms with Crippen molar-refractivity contribution in [3.8, 4) is 11.5 Å². The van der Waals surface area contributed by atoms with E-state index < -0.39 is 0 Å². The van der Waals surface area contributed by atoms with Crippen LogP contribution in [0.2, 0.25) is 0 Å². The van der Waals surface area contributed by atoms with Gasteiger partial charge in [-0.3, -0.25) is 9.89 Å². The third-order valence-electron chi connectivity index (χ3n) is 2.34. The molecular formula is C12H14N4O3. The third kappa shape index (κ3) is 3.44. The molecule has 0 fully saturated rings. The lowest BCUT2D eigenvalue weighted by Crippen LogP contribution is -2.29. The molecule has 0 aliphatic carbocycles. The Labute approximate surface area is 110 Å². The van der Waals surface area contributed by atoms with Crippen LogP contribution >= 0.6 is 0 Å². The molecule has 2 N–H and O–H groups in total. The van der Waals surface area contributed by atoms with Gasteiger partial charge < -0.3 is 14.8 Å². The molecule has 1 aromatic heterocycles. The molecule has 2 aromatic rings. The summed E-state index contributed by atoms with van der Waals surface area (Å²) in [6, 6.07) is 7.32. The number of hydrogen-bond acceptors (Lipinski definition) is 5. The van der Waals surface area contributed by atoms with E-state index in [1.807, 2.05) is 18.2 Å². The van der Waals surface area contributed by atoms with Crippen LogP contribution in [0, 0.1) is 0 Å². The predicted octanol–water partition coefficient (Wildman–Crippen LogP) is 0.622. The van der Waals surface area contributed by atoms with E-state index in [0.717, 1.165) is 0 Å². The van der Waals surface area contributed by atoms with E-state index in [2.05, 4.69) is 20.5 Å². The van der Waals surface area contributed by atoms with Gasteiger partial charge in [-0.05, 0) is 12.1 Å². The number of aromatic nitrogens is 3. The van der Waals surface area contributed by atoms with Gasteiger partial charge in [0.2, 0.25) is 5.82 Å².